The molecule has 0 saturated carbocycles. The lowest BCUT2D eigenvalue weighted by molar-refractivity contribution is -0.679. The molecule has 2 aromatic rings. The number of carbonyl (C=O) groups excluding carboxylic acids is 1. The molecule has 0 atom stereocenters. The maximum Gasteiger partial charge on any atom is 0.471 e. The molecule has 0 spiro atoms. The summed E-state index contributed by atoms with van der Waals surface area (Å²) in [5.41, 5.74) is -0.789. The first-order chi connectivity index (χ1) is 9.30. The average molecular weight is 353 g/mol. The molecule has 0 aliphatic heterocycles. The van der Waals surface area contributed by atoms with Crippen LogP contribution >= 0.6 is 15.9 Å². The lowest BCUT2D eigenvalue weighted by Crippen LogP contribution is -2.37. The number of hydrogen-bond acceptors (Lipinski definition) is 3. The minimum Gasteiger partial charge on any atom is -0.313 e. The number of aromatic nitrogens is 2. The summed E-state index contributed by atoms with van der Waals surface area (Å²) in [4.78, 5) is 22.1. The van der Waals surface area contributed by atoms with Crippen LogP contribution in [0.25, 0.3) is 5.69 Å². The van der Waals surface area contributed by atoms with Gasteiger partial charge < -0.3 is 5.32 Å². The van der Waals surface area contributed by atoms with Crippen LogP contribution in [0, 0.1) is 0 Å². The summed E-state index contributed by atoms with van der Waals surface area (Å²) in [6.07, 6.45) is -5.02. The Morgan fingerprint density at radius 2 is 2.00 bits per heavy atom. The number of para-hydroxylation sites is 2. The second-order valence-electron chi connectivity index (χ2n) is 3.58. The van der Waals surface area contributed by atoms with Gasteiger partial charge in [0.2, 0.25) is 0 Å². The molecule has 1 aromatic carbocycles. The van der Waals surface area contributed by atoms with Gasteiger partial charge in [-0.05, 0) is 16.0 Å². The molecule has 0 bridgehead atoms. The molecule has 1 heterocycles. The number of halogens is 4. The number of amides is 1. The van der Waals surface area contributed by atoms with Crippen molar-refractivity contribution in [2.24, 2.45) is 0 Å². The Hall–Kier alpha value is -2.10. The molecule has 0 saturated heterocycles. The van der Waals surface area contributed by atoms with Gasteiger partial charge in [-0.25, -0.2) is 4.79 Å². The SMILES string of the molecule is O=C(Nc1ccccc1-[n+]1[nH]oc(=O)c1Br)C(F)(F)F. The molecule has 20 heavy (non-hydrogen) atoms. The first-order valence-corrected chi connectivity index (χ1v) is 5.86. The van der Waals surface area contributed by atoms with E-state index in [2.05, 4.69) is 25.7 Å². The van der Waals surface area contributed by atoms with Crippen LogP contribution < -0.4 is 15.6 Å². The van der Waals surface area contributed by atoms with Gasteiger partial charge in [-0.1, -0.05) is 12.1 Å². The minimum absolute atomic E-state index is 0.0637. The molecule has 6 nitrogen and oxygen atoms in total. The summed E-state index contributed by atoms with van der Waals surface area (Å²) in [7, 11) is 0. The van der Waals surface area contributed by atoms with Crippen molar-refractivity contribution in [3.8, 4) is 5.69 Å². The van der Waals surface area contributed by atoms with Gasteiger partial charge in [0.05, 0.1) is 0 Å². The Kier molecular flexibility index (Phi) is 3.66. The van der Waals surface area contributed by atoms with Crippen LogP contribution in [-0.2, 0) is 4.79 Å². The summed E-state index contributed by atoms with van der Waals surface area (Å²) in [6.45, 7) is 0. The van der Waals surface area contributed by atoms with E-state index in [9.17, 15) is 22.8 Å². The number of aromatic amines is 1. The van der Waals surface area contributed by atoms with Crippen LogP contribution in [0.2, 0.25) is 0 Å². The zero-order valence-electron chi connectivity index (χ0n) is 9.49. The molecule has 0 aliphatic carbocycles. The predicted molar refractivity (Wildman–Crippen MR) is 63.2 cm³/mol. The van der Waals surface area contributed by atoms with Crippen molar-refractivity contribution in [1.29, 1.82) is 0 Å². The van der Waals surface area contributed by atoms with Crippen molar-refractivity contribution in [3.05, 3.63) is 39.3 Å². The minimum atomic E-state index is -5.02. The van der Waals surface area contributed by atoms with E-state index in [1.54, 1.807) is 5.32 Å². The molecular formula is C10H6BrF3N3O3+. The van der Waals surface area contributed by atoms with Crippen LogP contribution in [-0.4, -0.2) is 17.4 Å². The Balaban J connectivity index is 2.44. The maximum atomic E-state index is 12.2. The number of H-pyrrole nitrogens is 1. The number of benzene rings is 1. The fourth-order valence-electron chi connectivity index (χ4n) is 1.38. The normalized spacial score (nSPS) is 11.4. The molecular weight excluding hydrogens is 347 g/mol. The lowest BCUT2D eigenvalue weighted by Gasteiger charge is -2.07. The van der Waals surface area contributed by atoms with Crippen molar-refractivity contribution >= 4 is 27.5 Å². The zero-order valence-corrected chi connectivity index (χ0v) is 11.1. The predicted octanol–water partition coefficient (Wildman–Crippen LogP) is 1.51. The topological polar surface area (TPSA) is 79.0 Å². The van der Waals surface area contributed by atoms with E-state index in [0.29, 0.717) is 0 Å². The van der Waals surface area contributed by atoms with Gasteiger partial charge in [-0.2, -0.15) is 13.2 Å². The maximum absolute atomic E-state index is 12.2. The molecule has 0 fully saturated rings. The van der Waals surface area contributed by atoms with E-state index >= 15 is 0 Å². The number of nitrogens with one attached hydrogen (secondary N) is 2. The standard InChI is InChI=1S/C10H5BrF3N3O3/c11-7-8(18)20-16-17(7)6-4-2-1-3-5(6)15-9(19)10(12,13)14/h1-4H,(H-,15,16,18,19)/p+1. The molecule has 1 amide bonds. The molecule has 2 rings (SSSR count). The van der Waals surface area contributed by atoms with Crippen molar-refractivity contribution in [2.45, 2.75) is 6.18 Å². The Morgan fingerprint density at radius 1 is 1.35 bits per heavy atom. The number of carbonyl (C=O) groups is 1. The van der Waals surface area contributed by atoms with E-state index in [4.69, 9.17) is 0 Å². The fraction of sp³-hybridized carbons (Fsp3) is 0.100. The Morgan fingerprint density at radius 3 is 2.55 bits per heavy atom. The molecule has 0 radical (unpaired) electrons. The number of hydrogen-bond donors (Lipinski definition) is 2. The van der Waals surface area contributed by atoms with Crippen LogP contribution in [0.3, 0.4) is 0 Å². The second-order valence-corrected chi connectivity index (χ2v) is 4.33. The van der Waals surface area contributed by atoms with Crippen LogP contribution in [0.1, 0.15) is 0 Å². The third-order valence-electron chi connectivity index (χ3n) is 2.25. The second kappa shape index (κ2) is 5.12. The average Bonchev–Trinajstić information content (AvgIpc) is 2.70. The smallest absolute Gasteiger partial charge is 0.313 e. The zero-order chi connectivity index (χ0) is 14.9. The molecule has 1 aromatic heterocycles. The fourth-order valence-corrected chi connectivity index (χ4v) is 1.73. The number of nitrogens with zero attached hydrogens (tertiary/aromatic N) is 1. The van der Waals surface area contributed by atoms with Gasteiger partial charge in [-0.3, -0.25) is 9.32 Å². The van der Waals surface area contributed by atoms with E-state index in [1.807, 2.05) is 0 Å². The molecule has 0 unspecified atom stereocenters. The van der Waals surface area contributed by atoms with Crippen molar-refractivity contribution in [2.75, 3.05) is 5.32 Å². The molecule has 0 aliphatic rings. The van der Waals surface area contributed by atoms with Gasteiger partial charge in [0.15, 0.2) is 0 Å². The summed E-state index contributed by atoms with van der Waals surface area (Å²) < 4.78 is 42.2. The van der Waals surface area contributed by atoms with Gasteiger partial charge in [0.25, 0.3) is 5.69 Å². The van der Waals surface area contributed by atoms with Crippen LogP contribution in [0.4, 0.5) is 18.9 Å². The van der Waals surface area contributed by atoms with Gasteiger partial charge >= 0.3 is 22.3 Å². The third kappa shape index (κ3) is 2.74. The highest BCUT2D eigenvalue weighted by molar-refractivity contribution is 9.10. The van der Waals surface area contributed by atoms with E-state index in [1.165, 1.54) is 24.3 Å². The number of anilines is 1. The van der Waals surface area contributed by atoms with Gasteiger partial charge in [0.1, 0.15) is 5.69 Å². The highest BCUT2D eigenvalue weighted by atomic mass is 79.9. The van der Waals surface area contributed by atoms with E-state index < -0.39 is 17.7 Å². The largest absolute Gasteiger partial charge is 0.471 e. The van der Waals surface area contributed by atoms with E-state index in [-0.39, 0.29) is 16.0 Å². The van der Waals surface area contributed by atoms with E-state index in [0.717, 1.165) is 4.68 Å². The van der Waals surface area contributed by atoms with Gasteiger partial charge in [0, 0.05) is 22.0 Å². The molecule has 106 valence electrons. The first-order valence-electron chi connectivity index (χ1n) is 5.07. The van der Waals surface area contributed by atoms with Crippen molar-refractivity contribution in [1.82, 2.24) is 5.27 Å². The van der Waals surface area contributed by atoms with Crippen molar-refractivity contribution in [3.63, 3.8) is 0 Å². The van der Waals surface area contributed by atoms with Crippen LogP contribution in [0.15, 0.2) is 38.2 Å². The molecule has 2 N–H and O–H groups in total. The third-order valence-corrected chi connectivity index (χ3v) is 2.92. The summed E-state index contributed by atoms with van der Waals surface area (Å²) in [6, 6.07) is 5.59. The number of rotatable bonds is 2. The van der Waals surface area contributed by atoms with Gasteiger partial charge in [-0.15, -0.1) is 0 Å². The number of alkyl halides is 3. The highest BCUT2D eigenvalue weighted by Gasteiger charge is 2.39. The first kappa shape index (κ1) is 14.3. The Labute approximate surface area is 117 Å². The highest BCUT2D eigenvalue weighted by Crippen LogP contribution is 2.21. The summed E-state index contributed by atoms with van der Waals surface area (Å²) in [5, 5.41) is 3.91. The monoisotopic (exact) mass is 352 g/mol. The summed E-state index contributed by atoms with van der Waals surface area (Å²) in [5.74, 6) is -2.12. The van der Waals surface area contributed by atoms with Crippen molar-refractivity contribution < 1.29 is 27.2 Å². The summed E-state index contributed by atoms with van der Waals surface area (Å²) >= 11 is 2.92. The van der Waals surface area contributed by atoms with Crippen LogP contribution in [0.5, 0.6) is 0 Å². The molecule has 10 heteroatoms. The Bertz CT molecular complexity index is 708. The quantitative estimate of drug-likeness (QED) is 0.804. The lowest BCUT2D eigenvalue weighted by atomic mass is 10.2.